The fraction of sp³-hybridized carbons (Fsp3) is 0.300. The molecule has 0 bridgehead atoms. The second-order valence-electron chi connectivity index (χ2n) is 3.11. The van der Waals surface area contributed by atoms with Crippen molar-refractivity contribution in [1.82, 2.24) is 0 Å². The molecular formula is C10H14N2O2S. The smallest absolute Gasteiger partial charge is 0.320 e. The lowest BCUT2D eigenvalue weighted by molar-refractivity contribution is -0.138. The average Bonchev–Trinajstić information content (AvgIpc) is 2.21. The van der Waals surface area contributed by atoms with Gasteiger partial charge in [0.1, 0.15) is 6.04 Å². The summed E-state index contributed by atoms with van der Waals surface area (Å²) in [5, 5.41) is 8.71. The van der Waals surface area contributed by atoms with Gasteiger partial charge in [0.2, 0.25) is 0 Å². The summed E-state index contributed by atoms with van der Waals surface area (Å²) in [4.78, 5) is 10.6. The summed E-state index contributed by atoms with van der Waals surface area (Å²) in [7, 11) is 0. The van der Waals surface area contributed by atoms with Crippen LogP contribution in [0.3, 0.4) is 0 Å². The Morgan fingerprint density at radius 2 is 2.27 bits per heavy atom. The van der Waals surface area contributed by atoms with E-state index in [-0.39, 0.29) is 0 Å². The normalized spacial score (nSPS) is 12.1. The number of hydrogen-bond acceptors (Lipinski definition) is 4. The van der Waals surface area contributed by atoms with Gasteiger partial charge in [-0.15, -0.1) is 0 Å². The van der Waals surface area contributed by atoms with Gasteiger partial charge in [-0.3, -0.25) is 4.79 Å². The highest BCUT2D eigenvalue weighted by Gasteiger charge is 2.13. The maximum atomic E-state index is 10.6. The van der Waals surface area contributed by atoms with Crippen LogP contribution in [0.4, 0.5) is 5.69 Å². The molecule has 1 aromatic carbocycles. The van der Waals surface area contributed by atoms with Crippen LogP contribution in [0, 0.1) is 0 Å². The molecule has 0 saturated heterocycles. The fourth-order valence-corrected chi connectivity index (χ4v) is 1.65. The zero-order chi connectivity index (χ0) is 11.3. The number of rotatable bonds is 5. The molecular weight excluding hydrogens is 212 g/mol. The van der Waals surface area contributed by atoms with Crippen LogP contribution in [-0.4, -0.2) is 23.4 Å². The Morgan fingerprint density at radius 3 is 2.87 bits per heavy atom. The number of nitrogens with one attached hydrogen (secondary N) is 1. The number of hydrogen-bond donors (Lipinski definition) is 3. The van der Waals surface area contributed by atoms with Crippen LogP contribution in [0.5, 0.6) is 0 Å². The Hall–Kier alpha value is -1.20. The molecule has 1 unspecified atom stereocenters. The van der Waals surface area contributed by atoms with Crippen molar-refractivity contribution in [3.8, 4) is 0 Å². The van der Waals surface area contributed by atoms with Crippen LogP contribution < -0.4 is 10.5 Å². The molecule has 0 radical (unpaired) electrons. The van der Waals surface area contributed by atoms with E-state index in [2.05, 4.69) is 4.72 Å². The number of nitrogens with two attached hydrogens (primary N) is 1. The third kappa shape index (κ3) is 3.45. The Kier molecular flexibility index (Phi) is 4.45. The van der Waals surface area contributed by atoms with Crippen molar-refractivity contribution in [1.29, 1.82) is 0 Å². The number of para-hydroxylation sites is 1. The number of carboxylic acids is 1. The molecule has 0 aliphatic heterocycles. The molecule has 0 fully saturated rings. The molecule has 82 valence electrons. The molecule has 5 heteroatoms. The largest absolute Gasteiger partial charge is 0.480 e. The van der Waals surface area contributed by atoms with E-state index >= 15 is 0 Å². The predicted octanol–water partition coefficient (Wildman–Crippen LogP) is 1.33. The number of carbonyl (C=O) groups is 1. The number of carboxylic acid groups (broad SMARTS) is 1. The van der Waals surface area contributed by atoms with E-state index in [4.69, 9.17) is 10.8 Å². The lowest BCUT2D eigenvalue weighted by Crippen LogP contribution is -2.32. The highest BCUT2D eigenvalue weighted by molar-refractivity contribution is 7.99. The molecule has 0 spiro atoms. The maximum Gasteiger partial charge on any atom is 0.320 e. The number of aliphatic carboxylic acids is 1. The Labute approximate surface area is 93.0 Å². The minimum absolute atomic E-state index is 0.332. The second-order valence-corrected chi connectivity index (χ2v) is 3.72. The minimum Gasteiger partial charge on any atom is -0.480 e. The van der Waals surface area contributed by atoms with Gasteiger partial charge >= 0.3 is 5.97 Å². The predicted molar refractivity (Wildman–Crippen MR) is 62.9 cm³/mol. The Morgan fingerprint density at radius 1 is 1.60 bits per heavy atom. The van der Waals surface area contributed by atoms with Crippen LogP contribution in [0.1, 0.15) is 5.56 Å². The van der Waals surface area contributed by atoms with Crippen molar-refractivity contribution in [3.05, 3.63) is 29.8 Å². The van der Waals surface area contributed by atoms with E-state index in [0.29, 0.717) is 6.42 Å². The molecule has 1 atom stereocenters. The van der Waals surface area contributed by atoms with Crippen molar-refractivity contribution in [2.24, 2.45) is 5.73 Å². The van der Waals surface area contributed by atoms with Gasteiger partial charge in [0, 0.05) is 18.4 Å². The van der Waals surface area contributed by atoms with Crippen molar-refractivity contribution in [3.63, 3.8) is 0 Å². The standard InChI is InChI=1S/C10H14N2O2S/c1-15-12-9-5-3-2-4-7(9)6-8(11)10(13)14/h2-5,8,12H,6,11H2,1H3,(H,13,14). The van der Waals surface area contributed by atoms with E-state index in [0.717, 1.165) is 11.3 Å². The molecule has 4 nitrogen and oxygen atoms in total. The van der Waals surface area contributed by atoms with Crippen LogP contribution in [0.15, 0.2) is 24.3 Å². The third-order valence-electron chi connectivity index (χ3n) is 1.99. The molecule has 0 aliphatic rings. The van der Waals surface area contributed by atoms with E-state index in [9.17, 15) is 4.79 Å². The Bertz CT molecular complexity index is 344. The van der Waals surface area contributed by atoms with Gasteiger partial charge in [-0.25, -0.2) is 0 Å². The summed E-state index contributed by atoms with van der Waals surface area (Å²) in [6, 6.07) is 6.70. The second kappa shape index (κ2) is 5.63. The summed E-state index contributed by atoms with van der Waals surface area (Å²) >= 11 is 1.47. The number of benzene rings is 1. The average molecular weight is 226 g/mol. The lowest BCUT2D eigenvalue weighted by atomic mass is 10.1. The van der Waals surface area contributed by atoms with Gasteiger partial charge in [0.25, 0.3) is 0 Å². The van der Waals surface area contributed by atoms with Gasteiger partial charge in [0.05, 0.1) is 0 Å². The van der Waals surface area contributed by atoms with Gasteiger partial charge in [-0.2, -0.15) is 0 Å². The van der Waals surface area contributed by atoms with Crippen LogP contribution in [0.25, 0.3) is 0 Å². The molecule has 0 heterocycles. The van der Waals surface area contributed by atoms with Gasteiger partial charge in [-0.05, 0) is 11.6 Å². The maximum absolute atomic E-state index is 10.6. The highest BCUT2D eigenvalue weighted by atomic mass is 32.2. The SMILES string of the molecule is CSNc1ccccc1CC(N)C(=O)O. The van der Waals surface area contributed by atoms with E-state index in [1.54, 1.807) is 0 Å². The zero-order valence-electron chi connectivity index (χ0n) is 8.43. The molecule has 0 aromatic heterocycles. The van der Waals surface area contributed by atoms with Crippen molar-refractivity contribution in [2.45, 2.75) is 12.5 Å². The summed E-state index contributed by atoms with van der Waals surface area (Å²) in [6.07, 6.45) is 2.24. The molecule has 15 heavy (non-hydrogen) atoms. The van der Waals surface area contributed by atoms with Crippen LogP contribution in [-0.2, 0) is 11.2 Å². The Balaban J connectivity index is 2.79. The molecule has 0 amide bonds. The monoisotopic (exact) mass is 226 g/mol. The highest BCUT2D eigenvalue weighted by Crippen LogP contribution is 2.18. The van der Waals surface area contributed by atoms with E-state index in [1.807, 2.05) is 30.5 Å². The third-order valence-corrected chi connectivity index (χ3v) is 2.41. The zero-order valence-corrected chi connectivity index (χ0v) is 9.25. The van der Waals surface area contributed by atoms with Crippen molar-refractivity contribution >= 4 is 23.6 Å². The first-order chi connectivity index (χ1) is 7.15. The van der Waals surface area contributed by atoms with Gasteiger partial charge in [0.15, 0.2) is 0 Å². The lowest BCUT2D eigenvalue weighted by Gasteiger charge is -2.11. The first-order valence-corrected chi connectivity index (χ1v) is 5.73. The van der Waals surface area contributed by atoms with E-state index < -0.39 is 12.0 Å². The van der Waals surface area contributed by atoms with Gasteiger partial charge in [-0.1, -0.05) is 30.1 Å². The number of anilines is 1. The summed E-state index contributed by atoms with van der Waals surface area (Å²) < 4.78 is 3.09. The summed E-state index contributed by atoms with van der Waals surface area (Å²) in [5.41, 5.74) is 7.32. The fourth-order valence-electron chi connectivity index (χ4n) is 1.23. The minimum atomic E-state index is -0.978. The summed E-state index contributed by atoms with van der Waals surface area (Å²) in [6.45, 7) is 0. The first-order valence-electron chi connectivity index (χ1n) is 4.50. The molecule has 4 N–H and O–H groups in total. The molecule has 1 rings (SSSR count). The van der Waals surface area contributed by atoms with Crippen molar-refractivity contribution < 1.29 is 9.90 Å². The quantitative estimate of drug-likeness (QED) is 0.660. The summed E-state index contributed by atoms with van der Waals surface area (Å²) in [5.74, 6) is -0.978. The molecule has 1 aromatic rings. The van der Waals surface area contributed by atoms with Crippen LogP contribution >= 0.6 is 11.9 Å². The molecule has 0 aliphatic carbocycles. The topological polar surface area (TPSA) is 75.3 Å². The van der Waals surface area contributed by atoms with E-state index in [1.165, 1.54) is 11.9 Å². The van der Waals surface area contributed by atoms with Gasteiger partial charge < -0.3 is 15.6 Å². The first kappa shape index (κ1) is 11.9. The van der Waals surface area contributed by atoms with Crippen LogP contribution in [0.2, 0.25) is 0 Å². The van der Waals surface area contributed by atoms with Crippen molar-refractivity contribution in [2.75, 3.05) is 11.0 Å². The molecule has 0 saturated carbocycles.